The largest absolute Gasteiger partial charge is 0.463 e. The molecule has 5 aromatic rings. The Morgan fingerprint density at radius 3 is 2.23 bits per heavy atom. The monoisotopic (exact) mass is 546 g/mol. The van der Waals surface area contributed by atoms with Crippen LogP contribution in [0.3, 0.4) is 0 Å². The van der Waals surface area contributed by atoms with Crippen LogP contribution in [0.4, 0.5) is 0 Å². The third kappa shape index (κ3) is 4.38. The van der Waals surface area contributed by atoms with Gasteiger partial charge in [0.1, 0.15) is 0 Å². The smallest absolute Gasteiger partial charge is 0.338 e. The summed E-state index contributed by atoms with van der Waals surface area (Å²) >= 11 is 1.35. The topological polar surface area (TPSA) is 60.7 Å². The molecule has 0 saturated heterocycles. The highest BCUT2D eigenvalue weighted by Gasteiger charge is 2.33. The summed E-state index contributed by atoms with van der Waals surface area (Å²) in [6, 6.07) is 26.2. The molecule has 0 spiro atoms. The summed E-state index contributed by atoms with van der Waals surface area (Å²) in [7, 11) is 0. The van der Waals surface area contributed by atoms with Crippen LogP contribution in [0, 0.1) is 0 Å². The highest BCUT2D eigenvalue weighted by atomic mass is 32.1. The van der Waals surface area contributed by atoms with Gasteiger partial charge >= 0.3 is 5.97 Å². The Bertz CT molecular complexity index is 1940. The highest BCUT2D eigenvalue weighted by molar-refractivity contribution is 7.07. The fourth-order valence-corrected chi connectivity index (χ4v) is 6.53. The van der Waals surface area contributed by atoms with Crippen LogP contribution in [0.25, 0.3) is 27.6 Å². The first kappa shape index (κ1) is 26.0. The van der Waals surface area contributed by atoms with Gasteiger partial charge in [-0.15, -0.1) is 0 Å². The molecule has 0 saturated carbocycles. The van der Waals surface area contributed by atoms with Crippen LogP contribution in [0.15, 0.2) is 99.9 Å². The summed E-state index contributed by atoms with van der Waals surface area (Å²) in [5.41, 5.74) is 3.84. The van der Waals surface area contributed by atoms with E-state index in [-0.39, 0.29) is 12.2 Å². The van der Waals surface area contributed by atoms with Gasteiger partial charge in [0.25, 0.3) is 5.56 Å². The molecule has 1 atom stereocenters. The summed E-state index contributed by atoms with van der Waals surface area (Å²) in [5.74, 6) is -0.0793. The molecular formula is C34H30N2O3S. The minimum absolute atomic E-state index is 0.173. The molecule has 0 N–H and O–H groups in total. The number of nitrogens with zero attached hydrogens (tertiary/aromatic N) is 2. The number of hydrogen-bond donors (Lipinski definition) is 0. The summed E-state index contributed by atoms with van der Waals surface area (Å²) in [5, 5.41) is 4.39. The van der Waals surface area contributed by atoms with E-state index in [2.05, 4.69) is 56.3 Å². The minimum atomic E-state index is -0.622. The van der Waals surface area contributed by atoms with E-state index in [1.54, 1.807) is 11.5 Å². The zero-order valence-corrected chi connectivity index (χ0v) is 23.8. The van der Waals surface area contributed by atoms with Gasteiger partial charge in [0.2, 0.25) is 0 Å². The van der Waals surface area contributed by atoms with Crippen molar-refractivity contribution in [2.24, 2.45) is 4.99 Å². The van der Waals surface area contributed by atoms with Gasteiger partial charge in [-0.2, -0.15) is 0 Å². The van der Waals surface area contributed by atoms with Crippen molar-refractivity contribution in [2.45, 2.75) is 39.7 Å². The second-order valence-corrected chi connectivity index (χ2v) is 11.4. The first-order valence-corrected chi connectivity index (χ1v) is 14.4. The number of fused-ring (bicyclic) bond motifs is 3. The number of thiazole rings is 1. The zero-order valence-electron chi connectivity index (χ0n) is 23.0. The van der Waals surface area contributed by atoms with E-state index in [0.717, 1.165) is 32.7 Å². The summed E-state index contributed by atoms with van der Waals surface area (Å²) in [6.45, 7) is 8.13. The van der Waals surface area contributed by atoms with Crippen LogP contribution in [-0.2, 0) is 9.53 Å². The number of carbonyl (C=O) groups excluding carboxylic acids is 1. The molecule has 5 nitrogen and oxygen atoms in total. The predicted molar refractivity (Wildman–Crippen MR) is 162 cm³/mol. The number of benzene rings is 4. The molecule has 0 radical (unpaired) electrons. The van der Waals surface area contributed by atoms with Crippen molar-refractivity contribution in [3.05, 3.63) is 127 Å². The molecule has 0 aliphatic carbocycles. The van der Waals surface area contributed by atoms with Gasteiger partial charge in [0.15, 0.2) is 4.80 Å². The van der Waals surface area contributed by atoms with Crippen LogP contribution in [-0.4, -0.2) is 17.1 Å². The molecule has 200 valence electrons. The van der Waals surface area contributed by atoms with Crippen molar-refractivity contribution < 1.29 is 9.53 Å². The normalized spacial score (nSPS) is 15.5. The van der Waals surface area contributed by atoms with E-state index in [1.165, 1.54) is 16.9 Å². The zero-order chi connectivity index (χ0) is 28.0. The molecule has 1 aliphatic heterocycles. The maximum absolute atomic E-state index is 14.2. The number of esters is 1. The van der Waals surface area contributed by atoms with Crippen molar-refractivity contribution in [3.63, 3.8) is 0 Å². The lowest BCUT2D eigenvalue weighted by molar-refractivity contribution is -0.139. The third-order valence-electron chi connectivity index (χ3n) is 7.52. The summed E-state index contributed by atoms with van der Waals surface area (Å²) in [6.07, 6.45) is 1.98. The SMILES string of the molecule is CCOC(=O)C1=C(C)N=c2sc(=Cc3c4ccccc4cc4ccccc34)c(=O)n2[C@H]1c1ccc(C(C)C)cc1. The molecule has 6 heteroatoms. The van der Waals surface area contributed by atoms with Crippen molar-refractivity contribution in [3.8, 4) is 0 Å². The Morgan fingerprint density at radius 2 is 1.62 bits per heavy atom. The molecule has 2 heterocycles. The van der Waals surface area contributed by atoms with Gasteiger partial charge in [0, 0.05) is 0 Å². The minimum Gasteiger partial charge on any atom is -0.463 e. The van der Waals surface area contributed by atoms with Crippen molar-refractivity contribution in [1.82, 2.24) is 4.57 Å². The maximum atomic E-state index is 14.2. The van der Waals surface area contributed by atoms with Crippen LogP contribution >= 0.6 is 11.3 Å². The van der Waals surface area contributed by atoms with Crippen molar-refractivity contribution in [1.29, 1.82) is 0 Å². The van der Waals surface area contributed by atoms with E-state index in [1.807, 2.05) is 49.4 Å². The number of hydrogen-bond acceptors (Lipinski definition) is 5. The fraction of sp³-hybridized carbons (Fsp3) is 0.206. The highest BCUT2D eigenvalue weighted by Crippen LogP contribution is 2.32. The summed E-state index contributed by atoms with van der Waals surface area (Å²) < 4.78 is 7.67. The number of rotatable bonds is 5. The quantitative estimate of drug-likeness (QED) is 0.194. The maximum Gasteiger partial charge on any atom is 0.338 e. The van der Waals surface area contributed by atoms with E-state index < -0.39 is 12.0 Å². The Hall–Kier alpha value is -4.29. The van der Waals surface area contributed by atoms with Gasteiger partial charge in [-0.25, -0.2) is 9.79 Å². The molecule has 0 bridgehead atoms. The third-order valence-corrected chi connectivity index (χ3v) is 8.51. The fourth-order valence-electron chi connectivity index (χ4n) is 5.51. The number of carbonyl (C=O) groups is 1. The molecular weight excluding hydrogens is 516 g/mol. The van der Waals surface area contributed by atoms with E-state index in [4.69, 9.17) is 9.73 Å². The summed E-state index contributed by atoms with van der Waals surface area (Å²) in [4.78, 5) is 32.7. The number of allylic oxidation sites excluding steroid dienone is 1. The first-order valence-electron chi connectivity index (χ1n) is 13.6. The first-order chi connectivity index (χ1) is 19.4. The van der Waals surface area contributed by atoms with E-state index >= 15 is 0 Å². The van der Waals surface area contributed by atoms with E-state index in [9.17, 15) is 9.59 Å². The van der Waals surface area contributed by atoms with Gasteiger partial charge < -0.3 is 4.74 Å². The Kier molecular flexibility index (Phi) is 6.72. The van der Waals surface area contributed by atoms with Crippen LogP contribution in [0.1, 0.15) is 56.3 Å². The lowest BCUT2D eigenvalue weighted by atomic mass is 9.93. The van der Waals surface area contributed by atoms with Gasteiger partial charge in [0.05, 0.1) is 28.5 Å². The van der Waals surface area contributed by atoms with Crippen LogP contribution < -0.4 is 14.9 Å². The van der Waals surface area contributed by atoms with Crippen molar-refractivity contribution in [2.75, 3.05) is 6.61 Å². The Morgan fingerprint density at radius 1 is 1.00 bits per heavy atom. The van der Waals surface area contributed by atoms with Gasteiger partial charge in [-0.1, -0.05) is 98.0 Å². The van der Waals surface area contributed by atoms with Crippen molar-refractivity contribution >= 4 is 44.9 Å². The second kappa shape index (κ2) is 10.4. The van der Waals surface area contributed by atoms with E-state index in [0.29, 0.717) is 26.5 Å². The average molecular weight is 547 g/mol. The lowest BCUT2D eigenvalue weighted by Gasteiger charge is -2.25. The molecule has 6 rings (SSSR count). The van der Waals surface area contributed by atoms with Crippen LogP contribution in [0.5, 0.6) is 0 Å². The molecule has 40 heavy (non-hydrogen) atoms. The standard InChI is InChI=1S/C34H30N2O3S/c1-5-39-33(38)30-21(4)35-34-36(31(30)23-16-14-22(15-17-23)20(2)3)32(37)29(40-34)19-28-26-12-8-6-10-24(26)18-25-11-7-9-13-27(25)28/h6-20,31H,5H2,1-4H3/t31-/m0/s1. The predicted octanol–water partition coefficient (Wildman–Crippen LogP) is 6.23. The van der Waals surface area contributed by atoms with Gasteiger partial charge in [-0.05, 0) is 70.1 Å². The molecule has 0 fully saturated rings. The number of ether oxygens (including phenoxy) is 1. The molecule has 0 amide bonds. The second-order valence-electron chi connectivity index (χ2n) is 10.4. The van der Waals surface area contributed by atoms with Gasteiger partial charge in [-0.3, -0.25) is 9.36 Å². The molecule has 1 aliphatic rings. The number of aromatic nitrogens is 1. The van der Waals surface area contributed by atoms with Crippen LogP contribution in [0.2, 0.25) is 0 Å². The molecule has 1 aromatic heterocycles. The Balaban J connectivity index is 1.62. The lowest BCUT2D eigenvalue weighted by Crippen LogP contribution is -2.39. The Labute approximate surface area is 236 Å². The molecule has 0 unspecified atom stereocenters. The average Bonchev–Trinajstić information content (AvgIpc) is 3.26. The molecule has 4 aromatic carbocycles.